The first-order chi connectivity index (χ1) is 32.0. The van der Waals surface area contributed by atoms with Crippen LogP contribution in [-0.4, -0.2) is 37.2 Å². The fourth-order valence-corrected chi connectivity index (χ4v) is 8.85. The van der Waals surface area contributed by atoms with Gasteiger partial charge < -0.3 is 14.2 Å². The van der Waals surface area contributed by atoms with E-state index in [1.54, 1.807) is 0 Å². The molecule has 0 N–H and O–H groups in total. The van der Waals surface area contributed by atoms with Gasteiger partial charge in [-0.05, 0) is 44.9 Å². The molecule has 0 spiro atoms. The third-order valence-electron chi connectivity index (χ3n) is 13.3. The van der Waals surface area contributed by atoms with E-state index in [4.69, 9.17) is 14.2 Å². The Balaban J connectivity index is 4.31. The summed E-state index contributed by atoms with van der Waals surface area (Å²) >= 11 is 0. The summed E-state index contributed by atoms with van der Waals surface area (Å²) in [7, 11) is 0. The van der Waals surface area contributed by atoms with Crippen LogP contribution in [0.4, 0.5) is 0 Å². The predicted octanol–water partition coefficient (Wildman–Crippen LogP) is 19.3. The van der Waals surface area contributed by atoms with Crippen LogP contribution in [-0.2, 0) is 28.6 Å². The minimum atomic E-state index is -0.766. The molecule has 0 amide bonds. The maximum Gasteiger partial charge on any atom is 0.306 e. The molecule has 0 saturated heterocycles. The lowest BCUT2D eigenvalue weighted by Crippen LogP contribution is -2.30. The Bertz CT molecular complexity index is 1010. The zero-order valence-electron chi connectivity index (χ0n) is 44.0. The molecule has 0 rings (SSSR count). The van der Waals surface area contributed by atoms with E-state index in [-0.39, 0.29) is 31.1 Å². The van der Waals surface area contributed by atoms with Crippen LogP contribution in [0.3, 0.4) is 0 Å². The van der Waals surface area contributed by atoms with Crippen LogP contribution in [0.15, 0.2) is 12.2 Å². The van der Waals surface area contributed by atoms with Crippen molar-refractivity contribution in [3.05, 3.63) is 12.2 Å². The Morgan fingerprint density at radius 3 is 0.769 bits per heavy atom. The van der Waals surface area contributed by atoms with Crippen LogP contribution in [0.25, 0.3) is 0 Å². The van der Waals surface area contributed by atoms with E-state index >= 15 is 0 Å². The van der Waals surface area contributed by atoms with Gasteiger partial charge in [-0.2, -0.15) is 0 Å². The van der Waals surface area contributed by atoms with Crippen LogP contribution in [0.1, 0.15) is 329 Å². The van der Waals surface area contributed by atoms with Crippen molar-refractivity contribution < 1.29 is 28.6 Å². The summed E-state index contributed by atoms with van der Waals surface area (Å²) in [5.41, 5.74) is 0. The highest BCUT2D eigenvalue weighted by Gasteiger charge is 2.19. The summed E-state index contributed by atoms with van der Waals surface area (Å²) in [6.07, 6.45) is 62.0. The zero-order chi connectivity index (χ0) is 47.2. The van der Waals surface area contributed by atoms with E-state index in [0.717, 1.165) is 57.8 Å². The van der Waals surface area contributed by atoms with Crippen molar-refractivity contribution in [3.8, 4) is 0 Å². The Hall–Kier alpha value is -1.85. The van der Waals surface area contributed by atoms with Gasteiger partial charge in [0.2, 0.25) is 0 Å². The van der Waals surface area contributed by atoms with E-state index in [9.17, 15) is 14.4 Å². The first-order valence-electron chi connectivity index (χ1n) is 29.2. The van der Waals surface area contributed by atoms with Crippen LogP contribution in [0, 0.1) is 0 Å². The second kappa shape index (κ2) is 54.8. The zero-order valence-corrected chi connectivity index (χ0v) is 44.0. The van der Waals surface area contributed by atoms with Gasteiger partial charge in [0.25, 0.3) is 0 Å². The van der Waals surface area contributed by atoms with Gasteiger partial charge >= 0.3 is 17.9 Å². The largest absolute Gasteiger partial charge is 0.462 e. The minimum Gasteiger partial charge on any atom is -0.462 e. The number of allylic oxidation sites excluding steroid dienone is 2. The monoisotopic (exact) mass is 917 g/mol. The number of carbonyl (C=O) groups excluding carboxylic acids is 3. The van der Waals surface area contributed by atoms with Gasteiger partial charge in [0.1, 0.15) is 13.2 Å². The standard InChI is InChI=1S/C59H112O6/c1-4-7-10-13-16-19-22-25-28-29-30-32-34-37-40-43-46-49-52-58(61)64-55-56(54-63-57(60)51-48-45-42-39-36-33-27-24-21-18-15-12-9-6-3)65-59(62)53-50-47-44-41-38-35-31-26-23-20-17-14-11-8-5-2/h28-29,56H,4-27,30-55H2,1-3H3/b29-28-. The topological polar surface area (TPSA) is 78.9 Å². The van der Waals surface area contributed by atoms with E-state index in [2.05, 4.69) is 32.9 Å². The molecule has 384 valence electrons. The molecule has 0 heterocycles. The van der Waals surface area contributed by atoms with Gasteiger partial charge in [-0.15, -0.1) is 0 Å². The SMILES string of the molecule is CCCCCCCCC/C=C\CCCCCCCCCC(=O)OCC(COC(=O)CCCCCCCCCCCCCCCC)OC(=O)CCCCCCCCCCCCCCCCC. The van der Waals surface area contributed by atoms with E-state index < -0.39 is 6.10 Å². The molecule has 0 aromatic rings. The van der Waals surface area contributed by atoms with Gasteiger partial charge in [0.05, 0.1) is 0 Å². The maximum absolute atomic E-state index is 12.8. The molecular weight excluding hydrogens is 805 g/mol. The smallest absolute Gasteiger partial charge is 0.306 e. The average Bonchev–Trinajstić information content (AvgIpc) is 3.30. The second-order valence-electron chi connectivity index (χ2n) is 19.9. The number of hydrogen-bond donors (Lipinski definition) is 0. The molecule has 6 heteroatoms. The summed E-state index contributed by atoms with van der Waals surface area (Å²) in [4.78, 5) is 38.1. The van der Waals surface area contributed by atoms with Crippen LogP contribution in [0.2, 0.25) is 0 Å². The van der Waals surface area contributed by atoms with E-state index in [0.29, 0.717) is 19.3 Å². The van der Waals surface area contributed by atoms with Gasteiger partial charge in [0, 0.05) is 19.3 Å². The molecule has 0 bridgehead atoms. The Labute approximate surface area is 405 Å². The molecule has 0 aliphatic heterocycles. The predicted molar refractivity (Wildman–Crippen MR) is 280 cm³/mol. The quantitative estimate of drug-likeness (QED) is 0.0262. The van der Waals surface area contributed by atoms with Gasteiger partial charge in [-0.25, -0.2) is 0 Å². The Morgan fingerprint density at radius 2 is 0.508 bits per heavy atom. The van der Waals surface area contributed by atoms with Crippen molar-refractivity contribution in [1.29, 1.82) is 0 Å². The number of ether oxygens (including phenoxy) is 3. The summed E-state index contributed by atoms with van der Waals surface area (Å²) in [6.45, 7) is 6.69. The fourth-order valence-electron chi connectivity index (χ4n) is 8.85. The lowest BCUT2D eigenvalue weighted by atomic mass is 10.0. The average molecular weight is 918 g/mol. The maximum atomic E-state index is 12.8. The van der Waals surface area contributed by atoms with E-state index in [1.165, 1.54) is 231 Å². The second-order valence-corrected chi connectivity index (χ2v) is 19.9. The molecule has 0 aromatic carbocycles. The lowest BCUT2D eigenvalue weighted by molar-refractivity contribution is -0.167. The summed E-state index contributed by atoms with van der Waals surface area (Å²) < 4.78 is 16.9. The molecule has 0 saturated carbocycles. The van der Waals surface area contributed by atoms with Crippen molar-refractivity contribution in [2.75, 3.05) is 13.2 Å². The van der Waals surface area contributed by atoms with Crippen LogP contribution < -0.4 is 0 Å². The van der Waals surface area contributed by atoms with Crippen molar-refractivity contribution in [2.45, 2.75) is 335 Å². The number of esters is 3. The van der Waals surface area contributed by atoms with Crippen LogP contribution in [0.5, 0.6) is 0 Å². The molecule has 65 heavy (non-hydrogen) atoms. The molecule has 1 atom stereocenters. The van der Waals surface area contributed by atoms with Gasteiger partial charge in [-0.3, -0.25) is 14.4 Å². The molecule has 0 fully saturated rings. The number of hydrogen-bond acceptors (Lipinski definition) is 6. The highest BCUT2D eigenvalue weighted by atomic mass is 16.6. The van der Waals surface area contributed by atoms with Crippen molar-refractivity contribution in [3.63, 3.8) is 0 Å². The first-order valence-corrected chi connectivity index (χ1v) is 29.2. The molecule has 0 aromatic heterocycles. The Morgan fingerprint density at radius 1 is 0.292 bits per heavy atom. The molecular formula is C59H112O6. The first kappa shape index (κ1) is 63.1. The van der Waals surface area contributed by atoms with Crippen LogP contribution >= 0.6 is 0 Å². The number of carbonyl (C=O) groups is 3. The molecule has 0 radical (unpaired) electrons. The molecule has 0 aliphatic rings. The molecule has 6 nitrogen and oxygen atoms in total. The summed E-state index contributed by atoms with van der Waals surface area (Å²) in [5, 5.41) is 0. The summed E-state index contributed by atoms with van der Waals surface area (Å²) in [5.74, 6) is -0.845. The van der Waals surface area contributed by atoms with E-state index in [1.807, 2.05) is 0 Å². The highest BCUT2D eigenvalue weighted by molar-refractivity contribution is 5.71. The van der Waals surface area contributed by atoms with Gasteiger partial charge in [-0.1, -0.05) is 277 Å². The molecule has 1 unspecified atom stereocenters. The number of rotatable bonds is 54. The minimum absolute atomic E-state index is 0.0652. The van der Waals surface area contributed by atoms with Gasteiger partial charge in [0.15, 0.2) is 6.10 Å². The Kier molecular flexibility index (Phi) is 53.2. The van der Waals surface area contributed by atoms with Crippen molar-refractivity contribution in [2.24, 2.45) is 0 Å². The molecule has 0 aliphatic carbocycles. The normalized spacial score (nSPS) is 12.0. The fraction of sp³-hybridized carbons (Fsp3) is 0.915. The summed E-state index contributed by atoms with van der Waals surface area (Å²) in [6, 6.07) is 0. The van der Waals surface area contributed by atoms with Crippen molar-refractivity contribution in [1.82, 2.24) is 0 Å². The third-order valence-corrected chi connectivity index (χ3v) is 13.3. The number of unbranched alkanes of at least 4 members (excludes halogenated alkanes) is 41. The van der Waals surface area contributed by atoms with Crippen molar-refractivity contribution >= 4 is 17.9 Å². The highest BCUT2D eigenvalue weighted by Crippen LogP contribution is 2.17. The third kappa shape index (κ3) is 53.0. The lowest BCUT2D eigenvalue weighted by Gasteiger charge is -2.18.